The number of piperidine rings is 2. The van der Waals surface area contributed by atoms with E-state index in [1.54, 1.807) is 0 Å². The Morgan fingerprint density at radius 2 is 1.58 bits per heavy atom. The van der Waals surface area contributed by atoms with Crippen LogP contribution in [-0.4, -0.2) is 60.6 Å². The highest BCUT2D eigenvalue weighted by Gasteiger charge is 2.25. The first-order valence-electron chi connectivity index (χ1n) is 7.85. The molecule has 3 heteroatoms. The monoisotopic (exact) mass is 263 g/mol. The van der Waals surface area contributed by atoms with Gasteiger partial charge < -0.3 is 10.2 Å². The van der Waals surface area contributed by atoms with Crippen LogP contribution in [0.15, 0.2) is 0 Å². The van der Waals surface area contributed by atoms with Gasteiger partial charge in [0.25, 0.3) is 0 Å². The van der Waals surface area contributed by atoms with E-state index in [0.717, 1.165) is 25.7 Å². The zero-order chi connectivity index (χ0) is 13.7. The Hall–Kier alpha value is -0.560. The molecule has 2 aliphatic rings. The molecule has 2 saturated heterocycles. The Labute approximate surface area is 118 Å². The maximum Gasteiger partial charge on any atom is 0.0598 e. The Balaban J connectivity index is 1.66. The van der Waals surface area contributed by atoms with E-state index in [9.17, 15) is 0 Å². The fraction of sp³-hybridized carbons (Fsp3) is 0.875. The Morgan fingerprint density at radius 3 is 2.05 bits per heavy atom. The lowest BCUT2D eigenvalue weighted by Gasteiger charge is -2.38. The van der Waals surface area contributed by atoms with Crippen molar-refractivity contribution in [1.82, 2.24) is 15.1 Å². The average molecular weight is 263 g/mol. The summed E-state index contributed by atoms with van der Waals surface area (Å²) in [6.07, 6.45) is 10.5. The van der Waals surface area contributed by atoms with Crippen LogP contribution in [0.4, 0.5) is 0 Å². The van der Waals surface area contributed by atoms with Crippen molar-refractivity contribution in [2.75, 3.05) is 32.7 Å². The van der Waals surface area contributed by atoms with Crippen molar-refractivity contribution in [1.29, 1.82) is 0 Å². The molecule has 0 radical (unpaired) electrons. The molecule has 0 aromatic carbocycles. The summed E-state index contributed by atoms with van der Waals surface area (Å²) in [5.41, 5.74) is 0. The van der Waals surface area contributed by atoms with E-state index in [2.05, 4.69) is 34.9 Å². The van der Waals surface area contributed by atoms with Gasteiger partial charge in [0.1, 0.15) is 0 Å². The van der Waals surface area contributed by atoms with Gasteiger partial charge in [0.2, 0.25) is 0 Å². The molecule has 1 N–H and O–H groups in total. The van der Waals surface area contributed by atoms with Crippen LogP contribution in [0.1, 0.15) is 39.5 Å². The summed E-state index contributed by atoms with van der Waals surface area (Å²) in [6, 6.07) is 2.15. The van der Waals surface area contributed by atoms with Crippen LogP contribution in [0.2, 0.25) is 0 Å². The standard InChI is InChI=1S/C16H29N3/c1-4-9-18-10-5-15(6-11-18)17-16-7-12-19(13-8-16)14(2)3/h1,14-17H,5-13H2,2-3H3. The minimum Gasteiger partial charge on any atom is -0.311 e. The molecule has 0 spiro atoms. The van der Waals surface area contributed by atoms with Gasteiger partial charge in [-0.15, -0.1) is 6.42 Å². The number of rotatable bonds is 4. The normalized spacial score (nSPS) is 24.7. The summed E-state index contributed by atoms with van der Waals surface area (Å²) in [5.74, 6) is 2.75. The van der Waals surface area contributed by atoms with E-state index in [4.69, 9.17) is 6.42 Å². The Bertz CT molecular complexity index is 292. The predicted octanol–water partition coefficient (Wildman–Crippen LogP) is 1.55. The van der Waals surface area contributed by atoms with Crippen LogP contribution in [0.25, 0.3) is 0 Å². The fourth-order valence-corrected chi connectivity index (χ4v) is 3.30. The zero-order valence-corrected chi connectivity index (χ0v) is 12.6. The molecule has 0 unspecified atom stereocenters. The van der Waals surface area contributed by atoms with Crippen LogP contribution in [0.3, 0.4) is 0 Å². The topological polar surface area (TPSA) is 18.5 Å². The van der Waals surface area contributed by atoms with E-state index in [1.807, 2.05) is 0 Å². The molecule has 2 fully saturated rings. The zero-order valence-electron chi connectivity index (χ0n) is 12.6. The number of terminal acetylenes is 1. The lowest BCUT2D eigenvalue weighted by Crippen LogP contribution is -2.50. The van der Waals surface area contributed by atoms with Crippen molar-refractivity contribution < 1.29 is 0 Å². The van der Waals surface area contributed by atoms with E-state index in [1.165, 1.54) is 38.8 Å². The van der Waals surface area contributed by atoms with Gasteiger partial charge in [0.05, 0.1) is 6.54 Å². The quantitative estimate of drug-likeness (QED) is 0.776. The highest BCUT2D eigenvalue weighted by atomic mass is 15.2. The molecule has 0 aromatic heterocycles. The number of hydrogen-bond donors (Lipinski definition) is 1. The van der Waals surface area contributed by atoms with Gasteiger partial charge in [-0.05, 0) is 52.6 Å². The third kappa shape index (κ3) is 4.49. The molecule has 2 aliphatic heterocycles. The molecule has 0 aliphatic carbocycles. The van der Waals surface area contributed by atoms with E-state index >= 15 is 0 Å². The largest absolute Gasteiger partial charge is 0.311 e. The number of nitrogens with zero attached hydrogens (tertiary/aromatic N) is 2. The maximum absolute atomic E-state index is 5.37. The van der Waals surface area contributed by atoms with Gasteiger partial charge in [-0.25, -0.2) is 0 Å². The highest BCUT2D eigenvalue weighted by molar-refractivity contribution is 4.91. The van der Waals surface area contributed by atoms with Gasteiger partial charge in [0, 0.05) is 31.2 Å². The minimum atomic E-state index is 0.702. The second kappa shape index (κ2) is 7.28. The molecule has 19 heavy (non-hydrogen) atoms. The minimum absolute atomic E-state index is 0.702. The summed E-state index contributed by atoms with van der Waals surface area (Å²) in [7, 11) is 0. The van der Waals surface area contributed by atoms with E-state index in [0.29, 0.717) is 12.1 Å². The van der Waals surface area contributed by atoms with Crippen LogP contribution >= 0.6 is 0 Å². The van der Waals surface area contributed by atoms with Gasteiger partial charge in [-0.2, -0.15) is 0 Å². The smallest absolute Gasteiger partial charge is 0.0598 e. The molecule has 2 heterocycles. The molecule has 0 bridgehead atoms. The van der Waals surface area contributed by atoms with Gasteiger partial charge in [0.15, 0.2) is 0 Å². The third-order valence-electron chi connectivity index (χ3n) is 4.63. The Morgan fingerprint density at radius 1 is 1.05 bits per heavy atom. The van der Waals surface area contributed by atoms with E-state index in [-0.39, 0.29) is 0 Å². The lowest BCUT2D eigenvalue weighted by molar-refractivity contribution is 0.143. The first-order chi connectivity index (χ1) is 9.19. The molecule has 3 nitrogen and oxygen atoms in total. The van der Waals surface area contributed by atoms with Crippen molar-refractivity contribution in [3.8, 4) is 12.3 Å². The van der Waals surface area contributed by atoms with Crippen LogP contribution in [-0.2, 0) is 0 Å². The SMILES string of the molecule is C#CCN1CCC(NC2CCN(C(C)C)CC2)CC1. The average Bonchev–Trinajstić information content (AvgIpc) is 2.42. The second-order valence-electron chi connectivity index (χ2n) is 6.33. The summed E-state index contributed by atoms with van der Waals surface area (Å²) < 4.78 is 0. The van der Waals surface area contributed by atoms with Crippen LogP contribution in [0.5, 0.6) is 0 Å². The highest BCUT2D eigenvalue weighted by Crippen LogP contribution is 2.16. The number of nitrogens with one attached hydrogen (secondary N) is 1. The molecule has 2 rings (SSSR count). The summed E-state index contributed by atoms with van der Waals surface area (Å²) in [4.78, 5) is 4.98. The third-order valence-corrected chi connectivity index (χ3v) is 4.63. The molecular formula is C16H29N3. The van der Waals surface area contributed by atoms with Crippen molar-refractivity contribution in [3.05, 3.63) is 0 Å². The maximum atomic E-state index is 5.37. The molecule has 0 amide bonds. The van der Waals surface area contributed by atoms with Crippen molar-refractivity contribution in [2.24, 2.45) is 0 Å². The van der Waals surface area contributed by atoms with Gasteiger partial charge in [-0.1, -0.05) is 5.92 Å². The number of likely N-dealkylation sites (tertiary alicyclic amines) is 2. The van der Waals surface area contributed by atoms with Gasteiger partial charge >= 0.3 is 0 Å². The lowest BCUT2D eigenvalue weighted by atomic mass is 9.99. The fourth-order valence-electron chi connectivity index (χ4n) is 3.30. The van der Waals surface area contributed by atoms with Crippen molar-refractivity contribution in [3.63, 3.8) is 0 Å². The number of hydrogen-bond acceptors (Lipinski definition) is 3. The second-order valence-corrected chi connectivity index (χ2v) is 6.33. The molecule has 0 aromatic rings. The predicted molar refractivity (Wildman–Crippen MR) is 81.2 cm³/mol. The Kier molecular flexibility index (Phi) is 5.69. The first kappa shape index (κ1) is 14.8. The summed E-state index contributed by atoms with van der Waals surface area (Å²) >= 11 is 0. The summed E-state index contributed by atoms with van der Waals surface area (Å²) in [5, 5.41) is 3.87. The molecule has 108 valence electrons. The van der Waals surface area contributed by atoms with E-state index < -0.39 is 0 Å². The van der Waals surface area contributed by atoms with Gasteiger partial charge in [-0.3, -0.25) is 4.90 Å². The van der Waals surface area contributed by atoms with Crippen LogP contribution in [0, 0.1) is 12.3 Å². The van der Waals surface area contributed by atoms with Crippen LogP contribution < -0.4 is 5.32 Å². The molecule has 0 atom stereocenters. The molecular weight excluding hydrogens is 234 g/mol. The first-order valence-corrected chi connectivity index (χ1v) is 7.85. The van der Waals surface area contributed by atoms with Crippen molar-refractivity contribution >= 4 is 0 Å². The summed E-state index contributed by atoms with van der Waals surface area (Å²) in [6.45, 7) is 10.2. The molecule has 0 saturated carbocycles. The van der Waals surface area contributed by atoms with Crippen molar-refractivity contribution in [2.45, 2.75) is 57.7 Å².